The van der Waals surface area contributed by atoms with Crippen LogP contribution in [0.5, 0.6) is 0 Å². The highest BCUT2D eigenvalue weighted by Gasteiger charge is 2.27. The monoisotopic (exact) mass is 300 g/mol. The van der Waals surface area contributed by atoms with Gasteiger partial charge in [0.1, 0.15) is 0 Å². The zero-order chi connectivity index (χ0) is 12.7. The number of hydrogen-bond donors (Lipinski definition) is 0. The third-order valence-electron chi connectivity index (χ3n) is 3.14. The summed E-state index contributed by atoms with van der Waals surface area (Å²) in [5, 5.41) is 0.934. The molecule has 0 spiro atoms. The Kier molecular flexibility index (Phi) is 5.89. The molecule has 3 nitrogen and oxygen atoms in total. The highest BCUT2D eigenvalue weighted by atomic mass is 79.9. The van der Waals surface area contributed by atoms with Crippen LogP contribution in [0.2, 0.25) is 0 Å². The van der Waals surface area contributed by atoms with Crippen molar-refractivity contribution in [1.29, 1.82) is 0 Å². The first-order chi connectivity index (χ1) is 8.17. The van der Waals surface area contributed by atoms with Gasteiger partial charge in [0, 0.05) is 24.1 Å². The summed E-state index contributed by atoms with van der Waals surface area (Å²) >= 11 is 3.62. The van der Waals surface area contributed by atoms with Crippen LogP contribution in [0.3, 0.4) is 0 Å². The van der Waals surface area contributed by atoms with E-state index >= 15 is 0 Å². The van der Waals surface area contributed by atoms with Crippen molar-refractivity contribution in [2.45, 2.75) is 46.1 Å². The molecule has 0 atom stereocenters. The number of nitrogens with zero attached hydrogens (tertiary/aromatic N) is 2. The van der Waals surface area contributed by atoms with E-state index in [-0.39, 0.29) is 11.0 Å². The standard InChI is InChI=1S/C13H21BrN2O/c1-3-6-13(9-14,7-4-2)10-16-11-15-8-5-12(16)17/h5,8,11H,3-4,6-7,9-10H2,1-2H3. The molecule has 0 aliphatic carbocycles. The molecule has 17 heavy (non-hydrogen) atoms. The SMILES string of the molecule is CCCC(CBr)(CCC)Cn1cnccc1=O. The first-order valence-electron chi connectivity index (χ1n) is 6.24. The minimum Gasteiger partial charge on any atom is -0.299 e. The molecule has 0 bridgehead atoms. The van der Waals surface area contributed by atoms with Crippen LogP contribution in [0.4, 0.5) is 0 Å². The molecule has 1 heterocycles. The molecule has 4 heteroatoms. The highest BCUT2D eigenvalue weighted by molar-refractivity contribution is 9.09. The van der Waals surface area contributed by atoms with E-state index in [2.05, 4.69) is 34.8 Å². The van der Waals surface area contributed by atoms with E-state index < -0.39 is 0 Å². The second-order valence-electron chi connectivity index (χ2n) is 4.68. The van der Waals surface area contributed by atoms with E-state index in [4.69, 9.17) is 0 Å². The van der Waals surface area contributed by atoms with Gasteiger partial charge in [-0.2, -0.15) is 0 Å². The van der Waals surface area contributed by atoms with E-state index in [1.807, 2.05) is 0 Å². The Morgan fingerprint density at radius 1 is 1.35 bits per heavy atom. The smallest absolute Gasteiger partial charge is 0.253 e. The highest BCUT2D eigenvalue weighted by Crippen LogP contribution is 2.33. The lowest BCUT2D eigenvalue weighted by Gasteiger charge is -2.32. The molecular formula is C13H21BrN2O. The van der Waals surface area contributed by atoms with Crippen molar-refractivity contribution in [2.75, 3.05) is 5.33 Å². The minimum atomic E-state index is 0.0394. The van der Waals surface area contributed by atoms with E-state index in [1.54, 1.807) is 17.1 Å². The Hall–Kier alpha value is -0.640. The third kappa shape index (κ3) is 3.95. The predicted octanol–water partition coefficient (Wildman–Crippen LogP) is 3.22. The molecule has 1 aromatic heterocycles. The predicted molar refractivity (Wildman–Crippen MR) is 74.5 cm³/mol. The molecule has 0 fully saturated rings. The van der Waals surface area contributed by atoms with Gasteiger partial charge in [-0.25, -0.2) is 4.98 Å². The quantitative estimate of drug-likeness (QED) is 0.725. The zero-order valence-electron chi connectivity index (χ0n) is 10.7. The lowest BCUT2D eigenvalue weighted by Crippen LogP contribution is -2.33. The fourth-order valence-corrected chi connectivity index (χ4v) is 3.12. The van der Waals surface area contributed by atoms with Crippen molar-refractivity contribution >= 4 is 15.9 Å². The van der Waals surface area contributed by atoms with Crippen LogP contribution in [0.25, 0.3) is 0 Å². The number of hydrogen-bond acceptors (Lipinski definition) is 2. The minimum absolute atomic E-state index is 0.0394. The molecule has 0 saturated carbocycles. The average Bonchev–Trinajstić information content (AvgIpc) is 2.33. The molecule has 0 aliphatic heterocycles. The van der Waals surface area contributed by atoms with Gasteiger partial charge in [0.05, 0.1) is 6.33 Å². The van der Waals surface area contributed by atoms with Gasteiger partial charge in [0.15, 0.2) is 0 Å². The van der Waals surface area contributed by atoms with Gasteiger partial charge >= 0.3 is 0 Å². The third-order valence-corrected chi connectivity index (χ3v) is 4.33. The van der Waals surface area contributed by atoms with Crippen LogP contribution < -0.4 is 5.56 Å². The molecular weight excluding hydrogens is 280 g/mol. The van der Waals surface area contributed by atoms with Gasteiger partial charge in [-0.3, -0.25) is 9.36 Å². The Labute approximate surface area is 111 Å². The Bertz CT molecular complexity index is 383. The van der Waals surface area contributed by atoms with Gasteiger partial charge in [-0.15, -0.1) is 0 Å². The molecule has 1 rings (SSSR count). The summed E-state index contributed by atoms with van der Waals surface area (Å²) in [5.41, 5.74) is 0.216. The average molecular weight is 301 g/mol. The molecule has 0 N–H and O–H groups in total. The molecule has 0 radical (unpaired) electrons. The number of halogens is 1. The Morgan fingerprint density at radius 2 is 2.00 bits per heavy atom. The summed E-state index contributed by atoms with van der Waals surface area (Å²) < 4.78 is 1.73. The summed E-state index contributed by atoms with van der Waals surface area (Å²) in [6.45, 7) is 5.14. The first kappa shape index (κ1) is 14.4. The fraction of sp³-hybridized carbons (Fsp3) is 0.692. The van der Waals surface area contributed by atoms with Crippen LogP contribution in [0, 0.1) is 5.41 Å². The first-order valence-corrected chi connectivity index (χ1v) is 7.36. The van der Waals surface area contributed by atoms with E-state index in [9.17, 15) is 4.79 Å². The van der Waals surface area contributed by atoms with Crippen molar-refractivity contribution in [3.63, 3.8) is 0 Å². The van der Waals surface area contributed by atoms with Crippen LogP contribution in [0.1, 0.15) is 39.5 Å². The lowest BCUT2D eigenvalue weighted by molar-refractivity contribution is 0.229. The van der Waals surface area contributed by atoms with Gasteiger partial charge in [0.25, 0.3) is 5.56 Å². The van der Waals surface area contributed by atoms with Crippen molar-refractivity contribution in [1.82, 2.24) is 9.55 Å². The van der Waals surface area contributed by atoms with Crippen molar-refractivity contribution in [3.05, 3.63) is 28.9 Å². The van der Waals surface area contributed by atoms with Crippen molar-refractivity contribution in [3.8, 4) is 0 Å². The Morgan fingerprint density at radius 3 is 2.47 bits per heavy atom. The van der Waals surface area contributed by atoms with Crippen LogP contribution in [-0.4, -0.2) is 14.9 Å². The van der Waals surface area contributed by atoms with Gasteiger partial charge < -0.3 is 0 Å². The topological polar surface area (TPSA) is 34.9 Å². The molecule has 0 aliphatic rings. The fourth-order valence-electron chi connectivity index (χ4n) is 2.38. The van der Waals surface area contributed by atoms with Crippen LogP contribution in [0.15, 0.2) is 23.4 Å². The van der Waals surface area contributed by atoms with Gasteiger partial charge in [0.2, 0.25) is 0 Å². The summed E-state index contributed by atoms with van der Waals surface area (Å²) in [5.74, 6) is 0. The van der Waals surface area contributed by atoms with E-state index in [0.717, 1.165) is 37.6 Å². The maximum absolute atomic E-state index is 11.7. The molecule has 1 aromatic rings. The van der Waals surface area contributed by atoms with Gasteiger partial charge in [-0.05, 0) is 18.3 Å². The summed E-state index contributed by atoms with van der Waals surface area (Å²) in [7, 11) is 0. The second-order valence-corrected chi connectivity index (χ2v) is 5.24. The number of alkyl halides is 1. The van der Waals surface area contributed by atoms with E-state index in [1.165, 1.54) is 6.07 Å². The number of aromatic nitrogens is 2. The largest absolute Gasteiger partial charge is 0.299 e. The van der Waals surface area contributed by atoms with Crippen molar-refractivity contribution in [2.24, 2.45) is 5.41 Å². The van der Waals surface area contributed by atoms with E-state index in [0.29, 0.717) is 0 Å². The molecule has 96 valence electrons. The van der Waals surface area contributed by atoms with Crippen LogP contribution >= 0.6 is 15.9 Å². The summed E-state index contributed by atoms with van der Waals surface area (Å²) in [6.07, 6.45) is 7.74. The second kappa shape index (κ2) is 6.94. The van der Waals surface area contributed by atoms with Crippen LogP contribution in [-0.2, 0) is 6.54 Å². The Balaban J connectivity index is 2.92. The van der Waals surface area contributed by atoms with Gasteiger partial charge in [-0.1, -0.05) is 42.6 Å². The normalized spacial score (nSPS) is 11.7. The molecule has 0 amide bonds. The molecule has 0 aromatic carbocycles. The van der Waals surface area contributed by atoms with Crippen molar-refractivity contribution < 1.29 is 0 Å². The zero-order valence-corrected chi connectivity index (χ0v) is 12.2. The summed E-state index contributed by atoms with van der Waals surface area (Å²) in [6, 6.07) is 1.52. The number of rotatable bonds is 7. The lowest BCUT2D eigenvalue weighted by atomic mass is 9.81. The maximum atomic E-state index is 11.7. The maximum Gasteiger partial charge on any atom is 0.253 e. The molecule has 0 unspecified atom stereocenters. The summed E-state index contributed by atoms with van der Waals surface area (Å²) in [4.78, 5) is 15.8. The molecule has 0 saturated heterocycles.